The van der Waals surface area contributed by atoms with Crippen LogP contribution in [0.5, 0.6) is 11.5 Å². The Bertz CT molecular complexity index is 887. The molecule has 0 bridgehead atoms. The summed E-state index contributed by atoms with van der Waals surface area (Å²) in [6.45, 7) is 4.57. The highest BCUT2D eigenvalue weighted by Crippen LogP contribution is 2.28. The lowest BCUT2D eigenvalue weighted by atomic mass is 9.96. The Kier molecular flexibility index (Phi) is 23.7. The van der Waals surface area contributed by atoms with Gasteiger partial charge in [-0.1, -0.05) is 192 Å². The molecular weight excluding hydrogens is 548 g/mol. The van der Waals surface area contributed by atoms with Crippen molar-refractivity contribution >= 4 is 0 Å². The smallest absolute Gasteiger partial charge is 0.119 e. The van der Waals surface area contributed by atoms with Crippen molar-refractivity contribution in [2.45, 2.75) is 200 Å². The van der Waals surface area contributed by atoms with E-state index in [2.05, 4.69) is 38.1 Å². The fraction of sp³-hybridized carbons (Fsp3) is 0.721. The molecule has 0 aliphatic heterocycles. The van der Waals surface area contributed by atoms with E-state index in [0.717, 1.165) is 24.0 Å². The molecule has 0 saturated heterocycles. The van der Waals surface area contributed by atoms with Gasteiger partial charge < -0.3 is 10.2 Å². The van der Waals surface area contributed by atoms with Gasteiger partial charge in [0, 0.05) is 6.42 Å². The second-order valence-electron chi connectivity index (χ2n) is 14.1. The highest BCUT2D eigenvalue weighted by atomic mass is 16.3. The summed E-state index contributed by atoms with van der Waals surface area (Å²) in [7, 11) is 0. The third kappa shape index (κ3) is 20.0. The number of benzene rings is 2. The van der Waals surface area contributed by atoms with E-state index in [1.165, 1.54) is 178 Å². The summed E-state index contributed by atoms with van der Waals surface area (Å²) < 4.78 is 0. The maximum atomic E-state index is 10.6. The van der Waals surface area contributed by atoms with E-state index in [9.17, 15) is 10.2 Å². The molecular formula is C43H72O2. The molecule has 2 heteroatoms. The van der Waals surface area contributed by atoms with Crippen LogP contribution >= 0.6 is 0 Å². The second kappa shape index (κ2) is 27.2. The molecule has 45 heavy (non-hydrogen) atoms. The Balaban J connectivity index is 1.60. The Morgan fingerprint density at radius 2 is 0.622 bits per heavy atom. The van der Waals surface area contributed by atoms with Gasteiger partial charge in [0.15, 0.2) is 0 Å². The highest BCUT2D eigenvalue weighted by molar-refractivity contribution is 5.44. The molecule has 2 N–H and O–H groups in total. The minimum atomic E-state index is 0.338. The lowest BCUT2D eigenvalue weighted by Gasteiger charge is -2.11. The van der Waals surface area contributed by atoms with Gasteiger partial charge in [0.1, 0.15) is 11.5 Å². The van der Waals surface area contributed by atoms with Gasteiger partial charge in [0.05, 0.1) is 0 Å². The molecule has 2 aromatic rings. The van der Waals surface area contributed by atoms with E-state index in [1.54, 1.807) is 0 Å². The van der Waals surface area contributed by atoms with Crippen LogP contribution in [0.25, 0.3) is 0 Å². The van der Waals surface area contributed by atoms with Gasteiger partial charge >= 0.3 is 0 Å². The summed E-state index contributed by atoms with van der Waals surface area (Å²) in [4.78, 5) is 0. The van der Waals surface area contributed by atoms with Crippen molar-refractivity contribution in [3.05, 3.63) is 58.7 Å². The molecule has 0 aromatic heterocycles. The molecule has 2 aromatic carbocycles. The second-order valence-corrected chi connectivity index (χ2v) is 14.1. The molecule has 0 spiro atoms. The molecule has 0 amide bonds. The zero-order chi connectivity index (χ0) is 32.2. The molecule has 0 fully saturated rings. The predicted molar refractivity (Wildman–Crippen MR) is 198 cm³/mol. The molecule has 0 unspecified atom stereocenters. The van der Waals surface area contributed by atoms with Crippen molar-refractivity contribution in [3.8, 4) is 11.5 Å². The van der Waals surface area contributed by atoms with Gasteiger partial charge in [0.2, 0.25) is 0 Å². The van der Waals surface area contributed by atoms with Crippen molar-refractivity contribution in [2.24, 2.45) is 0 Å². The number of aryl methyl sites for hydroxylation is 2. The van der Waals surface area contributed by atoms with E-state index < -0.39 is 0 Å². The van der Waals surface area contributed by atoms with Crippen LogP contribution in [0, 0.1) is 0 Å². The fourth-order valence-electron chi connectivity index (χ4n) is 6.77. The molecule has 2 rings (SSSR count). The van der Waals surface area contributed by atoms with Crippen LogP contribution < -0.4 is 0 Å². The first-order valence-corrected chi connectivity index (χ1v) is 19.8. The maximum Gasteiger partial charge on any atom is 0.119 e. The number of unbranched alkanes of at least 4 members (excludes halogenated alkanes) is 24. The molecule has 2 nitrogen and oxygen atoms in total. The summed E-state index contributed by atoms with van der Waals surface area (Å²) in [6.07, 6.45) is 38.4. The fourth-order valence-corrected chi connectivity index (χ4v) is 6.77. The van der Waals surface area contributed by atoms with Crippen LogP contribution in [0.2, 0.25) is 0 Å². The third-order valence-electron chi connectivity index (χ3n) is 9.81. The van der Waals surface area contributed by atoms with Crippen LogP contribution in [0.1, 0.15) is 203 Å². The first-order chi connectivity index (χ1) is 22.1. The van der Waals surface area contributed by atoms with Crippen LogP contribution in [0.4, 0.5) is 0 Å². The number of phenols is 2. The summed E-state index contributed by atoms with van der Waals surface area (Å²) in [5.74, 6) is 0.677. The van der Waals surface area contributed by atoms with E-state index >= 15 is 0 Å². The lowest BCUT2D eigenvalue weighted by molar-refractivity contribution is 0.462. The molecule has 256 valence electrons. The highest BCUT2D eigenvalue weighted by Gasteiger charge is 2.09. The molecule has 0 radical (unpaired) electrons. The Morgan fingerprint density at radius 3 is 0.911 bits per heavy atom. The van der Waals surface area contributed by atoms with Gasteiger partial charge in [-0.15, -0.1) is 0 Å². The number of aromatic hydroxyl groups is 2. The van der Waals surface area contributed by atoms with Crippen LogP contribution in [-0.2, 0) is 19.3 Å². The first kappa shape index (κ1) is 39.2. The third-order valence-corrected chi connectivity index (χ3v) is 9.81. The average Bonchev–Trinajstić information content (AvgIpc) is 3.04. The zero-order valence-corrected chi connectivity index (χ0v) is 29.9. The molecule has 0 aliphatic rings. The van der Waals surface area contributed by atoms with Crippen LogP contribution in [0.3, 0.4) is 0 Å². The molecule has 0 aliphatic carbocycles. The monoisotopic (exact) mass is 621 g/mol. The number of phenolic OH excluding ortho intramolecular Hbond substituents is 2. The van der Waals surface area contributed by atoms with Crippen molar-refractivity contribution in [1.29, 1.82) is 0 Å². The summed E-state index contributed by atoms with van der Waals surface area (Å²) in [6, 6.07) is 12.2. The van der Waals surface area contributed by atoms with E-state index in [4.69, 9.17) is 0 Å². The summed E-state index contributed by atoms with van der Waals surface area (Å²) in [5, 5.41) is 21.2. The standard InChI is InChI=1S/C43H72O2/c1-3-5-7-9-11-13-15-17-19-21-23-25-27-29-38-31-33-42(44)40(35-38)37-41-36-39(32-34-43(41)45)30-28-26-24-22-20-18-16-14-12-10-8-6-4-2/h31-36,44-45H,3-30,37H2,1-2H3. The van der Waals surface area contributed by atoms with Gasteiger partial charge in [0.25, 0.3) is 0 Å². The van der Waals surface area contributed by atoms with E-state index in [1.807, 2.05) is 12.1 Å². The van der Waals surface area contributed by atoms with Crippen molar-refractivity contribution in [1.82, 2.24) is 0 Å². The van der Waals surface area contributed by atoms with Crippen molar-refractivity contribution < 1.29 is 10.2 Å². The average molecular weight is 621 g/mol. The van der Waals surface area contributed by atoms with Gasteiger partial charge in [-0.2, -0.15) is 0 Å². The van der Waals surface area contributed by atoms with Crippen LogP contribution in [-0.4, -0.2) is 10.2 Å². The Morgan fingerprint density at radius 1 is 0.356 bits per heavy atom. The topological polar surface area (TPSA) is 40.5 Å². The van der Waals surface area contributed by atoms with Gasteiger partial charge in [-0.05, 0) is 60.1 Å². The first-order valence-electron chi connectivity index (χ1n) is 19.8. The minimum absolute atomic E-state index is 0.338. The van der Waals surface area contributed by atoms with E-state index in [0.29, 0.717) is 17.9 Å². The summed E-state index contributed by atoms with van der Waals surface area (Å²) >= 11 is 0. The predicted octanol–water partition coefficient (Wildman–Crippen LogP) is 14.0. The van der Waals surface area contributed by atoms with Crippen molar-refractivity contribution in [3.63, 3.8) is 0 Å². The van der Waals surface area contributed by atoms with Crippen LogP contribution in [0.15, 0.2) is 36.4 Å². The molecule has 0 atom stereocenters. The number of rotatable bonds is 30. The summed E-state index contributed by atoms with van der Waals surface area (Å²) in [5.41, 5.74) is 4.45. The SMILES string of the molecule is CCCCCCCCCCCCCCCc1ccc(O)c(Cc2cc(CCCCCCCCCCCCCCC)ccc2O)c1. The molecule has 0 heterocycles. The van der Waals surface area contributed by atoms with E-state index in [-0.39, 0.29) is 0 Å². The number of hydrogen-bond donors (Lipinski definition) is 2. The maximum absolute atomic E-state index is 10.6. The molecule has 0 saturated carbocycles. The Hall–Kier alpha value is -1.96. The minimum Gasteiger partial charge on any atom is -0.508 e. The quantitative estimate of drug-likeness (QED) is 0.0853. The largest absolute Gasteiger partial charge is 0.508 e. The number of hydrogen-bond acceptors (Lipinski definition) is 2. The zero-order valence-electron chi connectivity index (χ0n) is 29.9. The van der Waals surface area contributed by atoms with Gasteiger partial charge in [-0.25, -0.2) is 0 Å². The lowest BCUT2D eigenvalue weighted by Crippen LogP contribution is -1.95. The van der Waals surface area contributed by atoms with Gasteiger partial charge in [-0.3, -0.25) is 0 Å². The van der Waals surface area contributed by atoms with Crippen molar-refractivity contribution in [2.75, 3.05) is 0 Å². The Labute approximate surface area is 279 Å². The normalized spacial score (nSPS) is 11.4.